The lowest BCUT2D eigenvalue weighted by Gasteiger charge is -2.35. The van der Waals surface area contributed by atoms with E-state index < -0.39 is 12.4 Å². The molecule has 0 spiro atoms. The molecule has 0 saturated carbocycles. The Bertz CT molecular complexity index is 1060. The summed E-state index contributed by atoms with van der Waals surface area (Å²) in [6.45, 7) is 2.21. The zero-order valence-corrected chi connectivity index (χ0v) is 17.4. The van der Waals surface area contributed by atoms with Gasteiger partial charge in [0.1, 0.15) is 5.75 Å². The Labute approximate surface area is 182 Å². The number of ether oxygens (including phenoxy) is 2. The normalized spacial score (nSPS) is 18.6. The summed E-state index contributed by atoms with van der Waals surface area (Å²) in [5.74, 6) is 0.0292. The minimum Gasteiger partial charge on any atom is -0.435 e. The summed E-state index contributed by atoms with van der Waals surface area (Å²) in [6, 6.07) is 7.73. The van der Waals surface area contributed by atoms with Crippen molar-refractivity contribution in [3.63, 3.8) is 0 Å². The smallest absolute Gasteiger partial charge is 0.387 e. The molecular weight excluding hydrogens is 425 g/mol. The molecule has 11 heteroatoms. The Morgan fingerprint density at radius 3 is 2.50 bits per heavy atom. The first-order valence-corrected chi connectivity index (χ1v) is 9.95. The van der Waals surface area contributed by atoms with E-state index in [1.54, 1.807) is 18.2 Å². The summed E-state index contributed by atoms with van der Waals surface area (Å²) in [5.41, 5.74) is 1.35. The fourth-order valence-corrected chi connectivity index (χ4v) is 3.47. The maximum atomic E-state index is 14.4. The van der Waals surface area contributed by atoms with Crippen molar-refractivity contribution in [2.75, 3.05) is 23.3 Å². The van der Waals surface area contributed by atoms with E-state index in [0.29, 0.717) is 30.2 Å². The molecule has 2 atom stereocenters. The minimum absolute atomic E-state index is 0.00356. The van der Waals surface area contributed by atoms with E-state index in [1.807, 2.05) is 18.7 Å². The van der Waals surface area contributed by atoms with Crippen LogP contribution in [0.15, 0.2) is 42.7 Å². The van der Waals surface area contributed by atoms with Crippen LogP contribution in [0.2, 0.25) is 0 Å². The molecule has 0 bridgehead atoms. The standard InChI is InChI=1S/C21H21F3N6O2/c1-12-10-30(11-13(2)31-12)21-25-9-17(22)19(28-21)27-18-7-15(8-26-29-18)14-3-5-16(6-4-14)32-20(23)24/h3-9,12-13,20H,10-11H2,1-2H3,(H,25,27,28,29)/t12-,13-/m1/s1. The molecule has 1 saturated heterocycles. The van der Waals surface area contributed by atoms with E-state index in [9.17, 15) is 13.2 Å². The summed E-state index contributed by atoms with van der Waals surface area (Å²) in [6.07, 6.45) is 2.62. The first-order valence-electron chi connectivity index (χ1n) is 9.95. The van der Waals surface area contributed by atoms with Gasteiger partial charge in [-0.05, 0) is 37.6 Å². The number of hydrogen-bond acceptors (Lipinski definition) is 8. The molecule has 1 aliphatic rings. The van der Waals surface area contributed by atoms with Gasteiger partial charge in [-0.25, -0.2) is 9.37 Å². The van der Waals surface area contributed by atoms with Crippen LogP contribution in [0.25, 0.3) is 11.1 Å². The number of rotatable bonds is 6. The molecule has 3 aromatic rings. The zero-order chi connectivity index (χ0) is 22.7. The maximum Gasteiger partial charge on any atom is 0.387 e. The van der Waals surface area contributed by atoms with Crippen LogP contribution in [0, 0.1) is 5.82 Å². The summed E-state index contributed by atoms with van der Waals surface area (Å²) in [5, 5.41) is 10.8. The van der Waals surface area contributed by atoms with Gasteiger partial charge in [0.05, 0.1) is 24.6 Å². The molecule has 1 fully saturated rings. The second-order valence-corrected chi connectivity index (χ2v) is 7.39. The van der Waals surface area contributed by atoms with Gasteiger partial charge in [0.25, 0.3) is 0 Å². The molecule has 32 heavy (non-hydrogen) atoms. The van der Waals surface area contributed by atoms with Crippen LogP contribution in [0.5, 0.6) is 5.75 Å². The third-order valence-electron chi connectivity index (χ3n) is 4.75. The van der Waals surface area contributed by atoms with E-state index in [-0.39, 0.29) is 29.6 Å². The molecule has 4 rings (SSSR count). The minimum atomic E-state index is -2.89. The van der Waals surface area contributed by atoms with E-state index in [0.717, 1.165) is 6.20 Å². The third kappa shape index (κ3) is 5.22. The largest absolute Gasteiger partial charge is 0.435 e. The highest BCUT2D eigenvalue weighted by molar-refractivity contribution is 5.67. The summed E-state index contributed by atoms with van der Waals surface area (Å²) >= 11 is 0. The van der Waals surface area contributed by atoms with Crippen LogP contribution >= 0.6 is 0 Å². The number of benzene rings is 1. The van der Waals surface area contributed by atoms with Crippen molar-refractivity contribution in [3.8, 4) is 16.9 Å². The highest BCUT2D eigenvalue weighted by atomic mass is 19.3. The average Bonchev–Trinajstić information content (AvgIpc) is 2.75. The average molecular weight is 446 g/mol. The van der Waals surface area contributed by atoms with Crippen molar-refractivity contribution >= 4 is 17.6 Å². The van der Waals surface area contributed by atoms with Gasteiger partial charge in [-0.3, -0.25) is 0 Å². The van der Waals surface area contributed by atoms with E-state index in [2.05, 4.69) is 30.2 Å². The summed E-state index contributed by atoms with van der Waals surface area (Å²) in [7, 11) is 0. The Morgan fingerprint density at radius 2 is 1.81 bits per heavy atom. The number of halogens is 3. The molecule has 0 aliphatic carbocycles. The third-order valence-corrected chi connectivity index (χ3v) is 4.75. The quantitative estimate of drug-likeness (QED) is 0.608. The molecule has 1 aromatic carbocycles. The van der Waals surface area contributed by atoms with E-state index in [4.69, 9.17) is 4.74 Å². The van der Waals surface area contributed by atoms with Crippen molar-refractivity contribution in [2.24, 2.45) is 0 Å². The molecular formula is C21H21F3N6O2. The predicted molar refractivity (Wildman–Crippen MR) is 112 cm³/mol. The molecule has 168 valence electrons. The Kier molecular flexibility index (Phi) is 6.35. The number of hydrogen-bond donors (Lipinski definition) is 1. The first-order chi connectivity index (χ1) is 15.4. The number of nitrogens with one attached hydrogen (secondary N) is 1. The van der Waals surface area contributed by atoms with Crippen LogP contribution in [-0.2, 0) is 4.74 Å². The molecule has 2 aromatic heterocycles. The molecule has 3 heterocycles. The lowest BCUT2D eigenvalue weighted by Crippen LogP contribution is -2.46. The topological polar surface area (TPSA) is 85.3 Å². The number of anilines is 3. The molecule has 0 unspecified atom stereocenters. The second-order valence-electron chi connectivity index (χ2n) is 7.39. The second kappa shape index (κ2) is 9.35. The van der Waals surface area contributed by atoms with Crippen molar-refractivity contribution in [3.05, 3.63) is 48.5 Å². The SMILES string of the molecule is C[C@@H]1CN(c2ncc(F)c(Nc3cc(-c4ccc(OC(F)F)cc4)cnn3)n2)C[C@@H](C)O1. The number of morpholine rings is 1. The predicted octanol–water partition coefficient (Wildman–Crippen LogP) is 4.03. The van der Waals surface area contributed by atoms with Crippen molar-refractivity contribution in [2.45, 2.75) is 32.7 Å². The molecule has 0 amide bonds. The van der Waals surface area contributed by atoms with Gasteiger partial charge in [0, 0.05) is 18.7 Å². The van der Waals surface area contributed by atoms with Crippen LogP contribution in [-0.4, -0.2) is 52.1 Å². The Morgan fingerprint density at radius 1 is 1.09 bits per heavy atom. The van der Waals surface area contributed by atoms with Crippen LogP contribution < -0.4 is 15.0 Å². The lowest BCUT2D eigenvalue weighted by atomic mass is 10.1. The van der Waals surface area contributed by atoms with Gasteiger partial charge in [-0.2, -0.15) is 18.9 Å². The lowest BCUT2D eigenvalue weighted by molar-refractivity contribution is -0.0498. The van der Waals surface area contributed by atoms with E-state index >= 15 is 0 Å². The number of alkyl halides is 2. The van der Waals surface area contributed by atoms with Crippen LogP contribution in [0.4, 0.5) is 30.8 Å². The van der Waals surface area contributed by atoms with Gasteiger partial charge in [0.15, 0.2) is 17.5 Å². The Hall–Kier alpha value is -3.47. The summed E-state index contributed by atoms with van der Waals surface area (Å²) in [4.78, 5) is 10.4. The van der Waals surface area contributed by atoms with Gasteiger partial charge >= 0.3 is 6.61 Å². The first kappa shape index (κ1) is 21.8. The van der Waals surface area contributed by atoms with Gasteiger partial charge < -0.3 is 19.7 Å². The summed E-state index contributed by atoms with van der Waals surface area (Å²) < 4.78 is 49.1. The highest BCUT2D eigenvalue weighted by Crippen LogP contribution is 2.26. The fourth-order valence-electron chi connectivity index (χ4n) is 3.47. The Balaban J connectivity index is 1.53. The fraction of sp³-hybridized carbons (Fsp3) is 0.333. The van der Waals surface area contributed by atoms with Gasteiger partial charge in [0.2, 0.25) is 5.95 Å². The van der Waals surface area contributed by atoms with Crippen molar-refractivity contribution in [1.82, 2.24) is 20.2 Å². The van der Waals surface area contributed by atoms with E-state index in [1.165, 1.54) is 18.3 Å². The van der Waals surface area contributed by atoms with Gasteiger partial charge in [-0.1, -0.05) is 12.1 Å². The van der Waals surface area contributed by atoms with Gasteiger partial charge in [-0.15, -0.1) is 5.10 Å². The maximum absolute atomic E-state index is 14.4. The van der Waals surface area contributed by atoms with Crippen LogP contribution in [0.1, 0.15) is 13.8 Å². The van der Waals surface area contributed by atoms with Crippen LogP contribution in [0.3, 0.4) is 0 Å². The molecule has 1 aliphatic heterocycles. The molecule has 8 nitrogen and oxygen atoms in total. The monoisotopic (exact) mass is 446 g/mol. The zero-order valence-electron chi connectivity index (χ0n) is 17.4. The highest BCUT2D eigenvalue weighted by Gasteiger charge is 2.25. The molecule has 0 radical (unpaired) electrons. The number of aromatic nitrogens is 4. The van der Waals surface area contributed by atoms with Crippen molar-refractivity contribution in [1.29, 1.82) is 0 Å². The molecule has 1 N–H and O–H groups in total. The van der Waals surface area contributed by atoms with Crippen molar-refractivity contribution < 1.29 is 22.6 Å². The number of nitrogens with zero attached hydrogens (tertiary/aromatic N) is 5.